The van der Waals surface area contributed by atoms with E-state index >= 15 is 0 Å². The Morgan fingerprint density at radius 3 is 2.68 bits per heavy atom. The van der Waals surface area contributed by atoms with Gasteiger partial charge in [-0.25, -0.2) is 0 Å². The highest BCUT2D eigenvalue weighted by Crippen LogP contribution is 2.58. The Hall–Kier alpha value is -2.66. The summed E-state index contributed by atoms with van der Waals surface area (Å²) in [7, 11) is 0. The topological polar surface area (TPSA) is 88.8 Å². The molecule has 1 amide bonds. The molecule has 28 heavy (non-hydrogen) atoms. The lowest BCUT2D eigenvalue weighted by Gasteiger charge is -2.17. The molecule has 142 valence electrons. The van der Waals surface area contributed by atoms with Crippen molar-refractivity contribution in [1.29, 1.82) is 0 Å². The molecule has 0 aliphatic heterocycles. The van der Waals surface area contributed by atoms with Crippen molar-refractivity contribution in [3.05, 3.63) is 62.5 Å². The fraction of sp³-hybridized carbons (Fsp3) is 0.318. The van der Waals surface area contributed by atoms with E-state index in [2.05, 4.69) is 16.0 Å². The fourth-order valence-corrected chi connectivity index (χ4v) is 5.13. The van der Waals surface area contributed by atoms with Crippen molar-refractivity contribution < 1.29 is 4.79 Å². The van der Waals surface area contributed by atoms with Gasteiger partial charge in [-0.2, -0.15) is 0 Å². The normalized spacial score (nSPS) is 23.0. The highest BCUT2D eigenvalue weighted by molar-refractivity contribution is 6.31. The molecule has 0 saturated heterocycles. The number of nitrogens with two attached hydrogens (primary N) is 1. The van der Waals surface area contributed by atoms with E-state index in [4.69, 9.17) is 17.3 Å². The average molecular weight is 394 g/mol. The van der Waals surface area contributed by atoms with Gasteiger partial charge in [-0.15, -0.1) is 0 Å². The number of primary amides is 1. The van der Waals surface area contributed by atoms with Crippen LogP contribution in [0.4, 0.5) is 0 Å². The second kappa shape index (κ2) is 6.17. The Morgan fingerprint density at radius 1 is 1.21 bits per heavy atom. The van der Waals surface area contributed by atoms with Crippen molar-refractivity contribution in [2.24, 2.45) is 17.6 Å². The number of carbonyl (C=O) groups excluding carboxylic acids is 1. The smallest absolute Gasteiger partial charge is 0.268 e. The first kappa shape index (κ1) is 17.4. The van der Waals surface area contributed by atoms with E-state index < -0.39 is 5.91 Å². The summed E-state index contributed by atoms with van der Waals surface area (Å²) in [5.41, 5.74) is 9.42. The molecule has 1 aromatic carbocycles. The molecule has 2 aliphatic carbocycles. The van der Waals surface area contributed by atoms with Gasteiger partial charge in [0.05, 0.1) is 16.6 Å². The number of aromatic nitrogens is 2. The van der Waals surface area contributed by atoms with E-state index in [9.17, 15) is 9.59 Å². The number of carbonyl (C=O) groups is 1. The summed E-state index contributed by atoms with van der Waals surface area (Å²) < 4.78 is 0. The van der Waals surface area contributed by atoms with Crippen molar-refractivity contribution in [3.63, 3.8) is 0 Å². The number of rotatable bonds is 3. The summed E-state index contributed by atoms with van der Waals surface area (Å²) in [6.07, 6.45) is 5.32. The van der Waals surface area contributed by atoms with Crippen LogP contribution < -0.4 is 11.2 Å². The third-order valence-electron chi connectivity index (χ3n) is 6.29. The van der Waals surface area contributed by atoms with Crippen molar-refractivity contribution in [3.8, 4) is 11.3 Å². The largest absolute Gasteiger partial charge is 0.364 e. The predicted molar refractivity (Wildman–Crippen MR) is 110 cm³/mol. The standard InChI is InChI=1S/C22H20ClN3O2/c1-10-4-15(13-6-11-5-12(11)7-13)16(23)8-14(10)18-9-19(27)20-17(26-18)2-3-25-21(20)22(24)28/h2-4,8-9,11-13H,5-7H2,1H3,(H2,24,28)(H,26,27)/t11-,12?,13?/m0/s1. The first-order valence-corrected chi connectivity index (χ1v) is 9.92. The first-order chi connectivity index (χ1) is 13.4. The molecule has 2 unspecified atom stereocenters. The van der Waals surface area contributed by atoms with Gasteiger partial charge in [0.25, 0.3) is 5.91 Å². The Morgan fingerprint density at radius 2 is 1.96 bits per heavy atom. The number of pyridine rings is 2. The number of aromatic amines is 1. The van der Waals surface area contributed by atoms with Crippen LogP contribution in [0.2, 0.25) is 5.02 Å². The van der Waals surface area contributed by atoms with Crippen molar-refractivity contribution in [2.75, 3.05) is 0 Å². The summed E-state index contributed by atoms with van der Waals surface area (Å²) in [6.45, 7) is 2.04. The molecular weight excluding hydrogens is 374 g/mol. The summed E-state index contributed by atoms with van der Waals surface area (Å²) in [6, 6.07) is 7.27. The Bertz CT molecular complexity index is 1190. The third-order valence-corrected chi connectivity index (χ3v) is 6.62. The van der Waals surface area contributed by atoms with Gasteiger partial charge in [0.15, 0.2) is 5.43 Å². The molecule has 5 rings (SSSR count). The van der Waals surface area contributed by atoms with E-state index in [1.807, 2.05) is 13.0 Å². The van der Waals surface area contributed by atoms with Crippen molar-refractivity contribution >= 4 is 28.4 Å². The maximum Gasteiger partial charge on any atom is 0.268 e. The lowest BCUT2D eigenvalue weighted by Crippen LogP contribution is -2.17. The van der Waals surface area contributed by atoms with E-state index in [1.165, 1.54) is 37.1 Å². The first-order valence-electron chi connectivity index (χ1n) is 9.54. The van der Waals surface area contributed by atoms with Gasteiger partial charge < -0.3 is 10.7 Å². The molecule has 5 nitrogen and oxygen atoms in total. The average Bonchev–Trinajstić information content (AvgIpc) is 3.27. The molecule has 3 N–H and O–H groups in total. The quantitative estimate of drug-likeness (QED) is 0.700. The van der Waals surface area contributed by atoms with Crippen LogP contribution >= 0.6 is 11.6 Å². The third kappa shape index (κ3) is 2.73. The predicted octanol–water partition coefficient (Wildman–Crippen LogP) is 4.16. The Labute approximate surface area is 166 Å². The number of H-pyrrole nitrogens is 1. The van der Waals surface area contributed by atoms with Crippen LogP contribution in [0.25, 0.3) is 22.2 Å². The summed E-state index contributed by atoms with van der Waals surface area (Å²) in [4.78, 5) is 31.5. The minimum Gasteiger partial charge on any atom is -0.364 e. The van der Waals surface area contributed by atoms with Gasteiger partial charge >= 0.3 is 0 Å². The monoisotopic (exact) mass is 393 g/mol. The number of hydrogen-bond acceptors (Lipinski definition) is 3. The summed E-state index contributed by atoms with van der Waals surface area (Å²) >= 11 is 6.66. The van der Waals surface area contributed by atoms with Gasteiger partial charge in [-0.3, -0.25) is 14.6 Å². The molecule has 6 heteroatoms. The maximum absolute atomic E-state index is 12.7. The van der Waals surface area contributed by atoms with Crippen LogP contribution in [-0.4, -0.2) is 15.9 Å². The molecule has 2 heterocycles. The molecule has 2 aromatic heterocycles. The number of nitrogens with one attached hydrogen (secondary N) is 1. The summed E-state index contributed by atoms with van der Waals surface area (Å²) in [5, 5.41) is 0.963. The molecule has 2 saturated carbocycles. The van der Waals surface area contributed by atoms with E-state index in [-0.39, 0.29) is 16.5 Å². The zero-order chi connectivity index (χ0) is 19.6. The van der Waals surface area contributed by atoms with Crippen molar-refractivity contribution in [1.82, 2.24) is 9.97 Å². The Balaban J connectivity index is 1.61. The molecule has 2 fully saturated rings. The number of amides is 1. The molecule has 3 atom stereocenters. The van der Waals surface area contributed by atoms with E-state index in [0.29, 0.717) is 17.1 Å². The number of fused-ring (bicyclic) bond motifs is 2. The lowest BCUT2D eigenvalue weighted by atomic mass is 9.90. The van der Waals surface area contributed by atoms with Crippen LogP contribution in [0.5, 0.6) is 0 Å². The zero-order valence-corrected chi connectivity index (χ0v) is 16.2. The number of halogens is 1. The second-order valence-electron chi connectivity index (χ2n) is 8.11. The SMILES string of the molecule is Cc1cc(C2CC3C[C@H]3C2)c(Cl)cc1-c1cc(=O)c2c(C(N)=O)nccc2[nH]1. The van der Waals surface area contributed by atoms with Gasteiger partial charge in [0.2, 0.25) is 0 Å². The minimum absolute atomic E-state index is 0.0183. The van der Waals surface area contributed by atoms with Gasteiger partial charge in [0.1, 0.15) is 5.69 Å². The zero-order valence-electron chi connectivity index (χ0n) is 15.5. The number of aryl methyl sites for hydroxylation is 1. The molecular formula is C22H20ClN3O2. The van der Waals surface area contributed by atoms with Crippen LogP contribution in [0.3, 0.4) is 0 Å². The molecule has 0 radical (unpaired) electrons. The highest BCUT2D eigenvalue weighted by atomic mass is 35.5. The van der Waals surface area contributed by atoms with E-state index in [0.717, 1.165) is 28.0 Å². The lowest BCUT2D eigenvalue weighted by molar-refractivity contribution is 0.0997. The van der Waals surface area contributed by atoms with Crippen molar-refractivity contribution in [2.45, 2.75) is 32.1 Å². The fourth-order valence-electron chi connectivity index (χ4n) is 4.81. The van der Waals surface area contributed by atoms with E-state index in [1.54, 1.807) is 6.07 Å². The molecule has 0 spiro atoms. The van der Waals surface area contributed by atoms with Gasteiger partial charge in [-0.1, -0.05) is 17.7 Å². The minimum atomic E-state index is -0.720. The van der Waals surface area contributed by atoms with Crippen LogP contribution in [0.1, 0.15) is 46.8 Å². The number of benzene rings is 1. The van der Waals surface area contributed by atoms with Crippen LogP contribution in [0, 0.1) is 18.8 Å². The number of hydrogen-bond donors (Lipinski definition) is 2. The van der Waals surface area contributed by atoms with Gasteiger partial charge in [-0.05, 0) is 67.2 Å². The number of nitrogens with zero attached hydrogens (tertiary/aromatic N) is 1. The summed E-state index contributed by atoms with van der Waals surface area (Å²) in [5.74, 6) is 1.61. The Kier molecular flexibility index (Phi) is 3.85. The molecule has 3 aromatic rings. The maximum atomic E-state index is 12.7. The van der Waals surface area contributed by atoms with Crippen LogP contribution in [-0.2, 0) is 0 Å². The van der Waals surface area contributed by atoms with Crippen LogP contribution in [0.15, 0.2) is 35.3 Å². The second-order valence-corrected chi connectivity index (χ2v) is 8.51. The molecule has 2 aliphatic rings. The molecule has 0 bridgehead atoms. The highest BCUT2D eigenvalue weighted by Gasteiger charge is 2.46. The van der Waals surface area contributed by atoms with Gasteiger partial charge in [0, 0.05) is 22.8 Å².